The molecule has 3 rings (SSSR count). The molecule has 0 radical (unpaired) electrons. The van der Waals surface area contributed by atoms with Crippen LogP contribution in [0.3, 0.4) is 0 Å². The van der Waals surface area contributed by atoms with Gasteiger partial charge in [0.1, 0.15) is 5.52 Å². The number of hydrogen-bond acceptors (Lipinski definition) is 6. The number of unbranched alkanes of at least 4 members (excludes halogenated alkanes) is 1. The number of pyridine rings is 1. The molecule has 28 heavy (non-hydrogen) atoms. The fourth-order valence-corrected chi connectivity index (χ4v) is 3.06. The molecule has 0 aliphatic rings. The predicted octanol–water partition coefficient (Wildman–Crippen LogP) is 3.51. The fraction of sp³-hybridized carbons (Fsp3) is 0.409. The number of nitrogen functional groups attached to an aromatic ring is 1. The largest absolute Gasteiger partial charge is 0.368 e. The average Bonchev–Trinajstić information content (AvgIpc) is 2.68. The van der Waals surface area contributed by atoms with Crippen LogP contribution < -0.4 is 11.1 Å². The highest BCUT2D eigenvalue weighted by Gasteiger charge is 2.09. The first-order valence-electron chi connectivity index (χ1n) is 9.94. The van der Waals surface area contributed by atoms with Gasteiger partial charge in [0.25, 0.3) is 0 Å². The van der Waals surface area contributed by atoms with Crippen LogP contribution in [0.4, 0.5) is 11.8 Å². The number of likely N-dealkylation sites (N-methyl/N-ethyl adjacent to an activating group) is 1. The number of rotatable bonds is 9. The Morgan fingerprint density at radius 2 is 1.71 bits per heavy atom. The summed E-state index contributed by atoms with van der Waals surface area (Å²) in [5.41, 5.74) is 11.0. The molecule has 6 heteroatoms. The molecule has 0 aliphatic carbocycles. The maximum Gasteiger partial charge on any atom is 0.222 e. The third-order valence-corrected chi connectivity index (χ3v) is 4.70. The van der Waals surface area contributed by atoms with Crippen molar-refractivity contribution in [1.82, 2.24) is 19.9 Å². The SMILES string of the molecule is CCCCNc1nc(N)nc2ccc(Cc3ccc(CCN(C)C)cc3)nc12. The molecule has 0 aliphatic heterocycles. The molecule has 3 aromatic rings. The van der Waals surface area contributed by atoms with E-state index in [1.807, 2.05) is 12.1 Å². The number of aromatic nitrogens is 3. The average molecular weight is 379 g/mol. The van der Waals surface area contributed by atoms with Crippen molar-refractivity contribution in [2.75, 3.05) is 38.2 Å². The Morgan fingerprint density at radius 1 is 0.964 bits per heavy atom. The van der Waals surface area contributed by atoms with Crippen molar-refractivity contribution in [3.63, 3.8) is 0 Å². The number of anilines is 2. The number of nitrogens with zero attached hydrogens (tertiary/aromatic N) is 4. The van der Waals surface area contributed by atoms with E-state index in [-0.39, 0.29) is 5.95 Å². The van der Waals surface area contributed by atoms with E-state index < -0.39 is 0 Å². The zero-order valence-corrected chi connectivity index (χ0v) is 17.1. The lowest BCUT2D eigenvalue weighted by molar-refractivity contribution is 0.413. The maximum atomic E-state index is 5.85. The Labute approximate surface area is 167 Å². The van der Waals surface area contributed by atoms with Gasteiger partial charge in [-0.25, -0.2) is 9.97 Å². The van der Waals surface area contributed by atoms with E-state index in [4.69, 9.17) is 10.7 Å². The Bertz CT molecular complexity index is 905. The van der Waals surface area contributed by atoms with Crippen molar-refractivity contribution in [1.29, 1.82) is 0 Å². The third-order valence-electron chi connectivity index (χ3n) is 4.70. The second-order valence-electron chi connectivity index (χ2n) is 7.43. The van der Waals surface area contributed by atoms with Crippen LogP contribution >= 0.6 is 0 Å². The summed E-state index contributed by atoms with van der Waals surface area (Å²) in [7, 11) is 4.20. The molecule has 0 saturated heterocycles. The van der Waals surface area contributed by atoms with E-state index in [0.29, 0.717) is 0 Å². The Balaban J connectivity index is 1.77. The lowest BCUT2D eigenvalue weighted by Crippen LogP contribution is -2.14. The van der Waals surface area contributed by atoms with E-state index in [1.165, 1.54) is 11.1 Å². The zero-order chi connectivity index (χ0) is 19.9. The van der Waals surface area contributed by atoms with Crippen LogP contribution in [0.15, 0.2) is 36.4 Å². The first-order valence-corrected chi connectivity index (χ1v) is 9.94. The maximum absolute atomic E-state index is 5.85. The molecule has 6 nitrogen and oxygen atoms in total. The van der Waals surface area contributed by atoms with Crippen LogP contribution in [0.1, 0.15) is 36.6 Å². The van der Waals surface area contributed by atoms with Gasteiger partial charge in [-0.3, -0.25) is 0 Å². The van der Waals surface area contributed by atoms with Crippen LogP contribution in [0.25, 0.3) is 11.0 Å². The summed E-state index contributed by atoms with van der Waals surface area (Å²) < 4.78 is 0. The lowest BCUT2D eigenvalue weighted by Gasteiger charge is -2.11. The van der Waals surface area contributed by atoms with E-state index in [9.17, 15) is 0 Å². The van der Waals surface area contributed by atoms with Gasteiger partial charge < -0.3 is 16.0 Å². The monoisotopic (exact) mass is 378 g/mol. The van der Waals surface area contributed by atoms with Gasteiger partial charge in [-0.15, -0.1) is 0 Å². The Morgan fingerprint density at radius 3 is 2.43 bits per heavy atom. The molecule has 0 spiro atoms. The number of fused-ring (bicyclic) bond motifs is 1. The summed E-state index contributed by atoms with van der Waals surface area (Å²) in [5.74, 6) is 0.992. The van der Waals surface area contributed by atoms with Crippen molar-refractivity contribution in [3.05, 3.63) is 53.2 Å². The molecule has 0 atom stereocenters. The van der Waals surface area contributed by atoms with E-state index in [1.54, 1.807) is 0 Å². The molecule has 2 heterocycles. The molecule has 0 saturated carbocycles. The van der Waals surface area contributed by atoms with E-state index in [2.05, 4.69) is 65.5 Å². The summed E-state index contributed by atoms with van der Waals surface area (Å²) in [6.07, 6.45) is 4.04. The van der Waals surface area contributed by atoms with Gasteiger partial charge in [0.05, 0.1) is 5.52 Å². The highest BCUT2D eigenvalue weighted by molar-refractivity contribution is 5.86. The van der Waals surface area contributed by atoms with Crippen molar-refractivity contribution in [2.24, 2.45) is 0 Å². The smallest absolute Gasteiger partial charge is 0.222 e. The molecule has 1 aromatic carbocycles. The van der Waals surface area contributed by atoms with Gasteiger partial charge in [-0.2, -0.15) is 4.98 Å². The zero-order valence-electron chi connectivity index (χ0n) is 17.1. The summed E-state index contributed by atoms with van der Waals surface area (Å²) in [4.78, 5) is 15.7. The number of nitrogens with two attached hydrogens (primary N) is 1. The number of hydrogen-bond donors (Lipinski definition) is 2. The number of benzene rings is 1. The van der Waals surface area contributed by atoms with Crippen LogP contribution in [-0.4, -0.2) is 47.0 Å². The predicted molar refractivity (Wildman–Crippen MR) is 117 cm³/mol. The van der Waals surface area contributed by atoms with Gasteiger partial charge in [0, 0.05) is 25.2 Å². The minimum atomic E-state index is 0.273. The quantitative estimate of drug-likeness (QED) is 0.555. The molecule has 0 amide bonds. The number of nitrogens with one attached hydrogen (secondary N) is 1. The van der Waals surface area contributed by atoms with Gasteiger partial charge in [-0.05, 0) is 50.2 Å². The molecule has 0 fully saturated rings. The second-order valence-corrected chi connectivity index (χ2v) is 7.43. The Hall–Kier alpha value is -2.73. The summed E-state index contributed by atoms with van der Waals surface area (Å²) >= 11 is 0. The molecule has 148 valence electrons. The van der Waals surface area contributed by atoms with Crippen molar-refractivity contribution < 1.29 is 0 Å². The first-order chi connectivity index (χ1) is 13.5. The van der Waals surface area contributed by atoms with Gasteiger partial charge in [0.2, 0.25) is 5.95 Å². The van der Waals surface area contributed by atoms with Crippen molar-refractivity contribution >= 4 is 22.8 Å². The van der Waals surface area contributed by atoms with E-state index >= 15 is 0 Å². The van der Waals surface area contributed by atoms with Crippen molar-refractivity contribution in [2.45, 2.75) is 32.6 Å². The lowest BCUT2D eigenvalue weighted by atomic mass is 10.0. The Kier molecular flexibility index (Phi) is 6.76. The normalized spacial score (nSPS) is 11.3. The molecule has 3 N–H and O–H groups in total. The summed E-state index contributed by atoms with van der Waals surface area (Å²) in [5, 5.41) is 3.35. The topological polar surface area (TPSA) is 80.0 Å². The standard InChI is InChI=1S/C22H30N6/c1-4-5-13-24-21-20-19(26-22(23)27-21)11-10-18(25-20)15-17-8-6-16(7-9-17)12-14-28(2)3/h6-11H,4-5,12-15H2,1-3H3,(H3,23,24,26,27). The van der Waals surface area contributed by atoms with Crippen LogP contribution in [-0.2, 0) is 12.8 Å². The van der Waals surface area contributed by atoms with Crippen LogP contribution in [0, 0.1) is 0 Å². The van der Waals surface area contributed by atoms with E-state index in [0.717, 1.165) is 61.3 Å². The molecule has 2 aromatic heterocycles. The fourth-order valence-electron chi connectivity index (χ4n) is 3.06. The van der Waals surface area contributed by atoms with Gasteiger partial charge >= 0.3 is 0 Å². The third kappa shape index (κ3) is 5.39. The minimum absolute atomic E-state index is 0.273. The van der Waals surface area contributed by atoms with Crippen molar-refractivity contribution in [3.8, 4) is 0 Å². The minimum Gasteiger partial charge on any atom is -0.368 e. The molecular weight excluding hydrogens is 348 g/mol. The van der Waals surface area contributed by atoms with Gasteiger partial charge in [-0.1, -0.05) is 37.6 Å². The molecular formula is C22H30N6. The molecule has 0 unspecified atom stereocenters. The first kappa shape index (κ1) is 20.0. The summed E-state index contributed by atoms with van der Waals surface area (Å²) in [6.45, 7) is 4.07. The van der Waals surface area contributed by atoms with Gasteiger partial charge in [0.15, 0.2) is 5.82 Å². The highest BCUT2D eigenvalue weighted by atomic mass is 15.1. The summed E-state index contributed by atoms with van der Waals surface area (Å²) in [6, 6.07) is 12.8. The van der Waals surface area contributed by atoms with Crippen LogP contribution in [0.2, 0.25) is 0 Å². The highest BCUT2D eigenvalue weighted by Crippen LogP contribution is 2.21. The van der Waals surface area contributed by atoms with Crippen LogP contribution in [0.5, 0.6) is 0 Å². The molecule has 0 bridgehead atoms. The second kappa shape index (κ2) is 9.46.